The van der Waals surface area contributed by atoms with Gasteiger partial charge in [-0.05, 0) is 49.4 Å². The second-order valence-electron chi connectivity index (χ2n) is 30.5. The highest BCUT2D eigenvalue weighted by molar-refractivity contribution is 7.47. The highest BCUT2D eigenvalue weighted by Crippen LogP contribution is 2.45. The van der Waals surface area contributed by atoms with Crippen LogP contribution in [0.15, 0.2) is 0 Å². The molecule has 0 rings (SSSR count). The van der Waals surface area contributed by atoms with Crippen molar-refractivity contribution in [3.63, 3.8) is 0 Å². The second-order valence-corrected chi connectivity index (χ2v) is 33.4. The van der Waals surface area contributed by atoms with Crippen LogP contribution in [0.2, 0.25) is 0 Å². The van der Waals surface area contributed by atoms with Crippen molar-refractivity contribution in [3.05, 3.63) is 0 Å². The van der Waals surface area contributed by atoms with E-state index in [0.29, 0.717) is 25.7 Å². The maximum atomic E-state index is 13.1. The molecular weight excluding hydrogens is 1290 g/mol. The van der Waals surface area contributed by atoms with Gasteiger partial charge in [0.15, 0.2) is 12.2 Å². The van der Waals surface area contributed by atoms with Gasteiger partial charge in [0.1, 0.15) is 19.3 Å². The summed E-state index contributed by atoms with van der Waals surface area (Å²) in [6.07, 6.45) is 55.5. The molecule has 0 spiro atoms. The van der Waals surface area contributed by atoms with Crippen LogP contribution < -0.4 is 0 Å². The fourth-order valence-electron chi connectivity index (χ4n) is 12.2. The number of phosphoric ester groups is 2. The Morgan fingerprint density at radius 3 is 0.717 bits per heavy atom. The predicted molar refractivity (Wildman–Crippen MR) is 404 cm³/mol. The lowest BCUT2D eigenvalue weighted by molar-refractivity contribution is -0.161. The first-order chi connectivity index (χ1) is 47.6. The minimum Gasteiger partial charge on any atom is -0.462 e. The summed E-state index contributed by atoms with van der Waals surface area (Å²) >= 11 is 0. The van der Waals surface area contributed by atoms with E-state index < -0.39 is 97.5 Å². The molecule has 0 heterocycles. The molecule has 99 heavy (non-hydrogen) atoms. The quantitative estimate of drug-likeness (QED) is 0.0222. The number of carbonyl (C=O) groups is 4. The molecule has 0 aliphatic heterocycles. The standard InChI is InChI=1S/C80H156O17P2/c1-9-73(8)59-51-43-38-39-45-53-61-78(83)91-67-76(97-80(85)63-55-47-37-31-25-19-22-28-34-42-50-58-72(6)7)69-95-99(88,89)93-65-74(81)64-92-98(86,87)94-68-75(66-90-77(82)60-52-44-35-29-23-18-14-16-21-27-33-41-49-57-71(4)5)96-79(84)62-54-46-36-30-24-17-13-11-10-12-15-20-26-32-40-48-56-70(2)3/h70-76,81H,9-69H2,1-8H3,(H,86,87)(H,88,89)/t73?,74-,75-,76-/m1/s1. The monoisotopic (exact) mass is 1450 g/mol. The van der Waals surface area contributed by atoms with E-state index in [1.807, 2.05) is 0 Å². The third-order valence-electron chi connectivity index (χ3n) is 18.9. The fraction of sp³-hybridized carbons (Fsp3) is 0.950. The molecule has 0 aliphatic rings. The molecule has 0 bridgehead atoms. The van der Waals surface area contributed by atoms with E-state index in [1.54, 1.807) is 0 Å². The third-order valence-corrected chi connectivity index (χ3v) is 20.8. The predicted octanol–water partition coefficient (Wildman–Crippen LogP) is 23.6. The molecule has 0 amide bonds. The summed E-state index contributed by atoms with van der Waals surface area (Å²) in [6, 6.07) is 0. The number of rotatable bonds is 77. The van der Waals surface area contributed by atoms with Gasteiger partial charge in [-0.2, -0.15) is 0 Å². The van der Waals surface area contributed by atoms with E-state index in [1.165, 1.54) is 205 Å². The molecule has 0 radical (unpaired) electrons. The van der Waals surface area contributed by atoms with Crippen molar-refractivity contribution < 1.29 is 80.2 Å². The van der Waals surface area contributed by atoms with E-state index in [4.69, 9.17) is 37.0 Å². The lowest BCUT2D eigenvalue weighted by atomic mass is 10.00. The number of aliphatic hydroxyl groups is 1. The Balaban J connectivity index is 5.25. The van der Waals surface area contributed by atoms with Crippen molar-refractivity contribution in [2.45, 2.75) is 427 Å². The Kier molecular flexibility index (Phi) is 67.8. The summed E-state index contributed by atoms with van der Waals surface area (Å²) in [6.45, 7) is 14.2. The van der Waals surface area contributed by atoms with Crippen LogP contribution in [0.25, 0.3) is 0 Å². The Morgan fingerprint density at radius 1 is 0.283 bits per heavy atom. The topological polar surface area (TPSA) is 237 Å². The summed E-state index contributed by atoms with van der Waals surface area (Å²) < 4.78 is 68.7. The summed E-state index contributed by atoms with van der Waals surface area (Å²) in [4.78, 5) is 73.0. The van der Waals surface area contributed by atoms with Crippen LogP contribution in [0.1, 0.15) is 409 Å². The molecule has 0 aromatic rings. The number of esters is 4. The number of ether oxygens (including phenoxy) is 4. The zero-order valence-electron chi connectivity index (χ0n) is 65.1. The average molecular weight is 1450 g/mol. The summed E-state index contributed by atoms with van der Waals surface area (Å²) in [5.41, 5.74) is 0. The van der Waals surface area contributed by atoms with Crippen molar-refractivity contribution in [2.24, 2.45) is 23.7 Å². The molecule has 0 saturated carbocycles. The molecule has 0 aromatic carbocycles. The molecule has 0 fully saturated rings. The molecule has 588 valence electrons. The molecule has 6 atom stereocenters. The highest BCUT2D eigenvalue weighted by atomic mass is 31.2. The van der Waals surface area contributed by atoms with Crippen LogP contribution in [0.5, 0.6) is 0 Å². The maximum absolute atomic E-state index is 13.1. The van der Waals surface area contributed by atoms with E-state index in [0.717, 1.165) is 120 Å². The largest absolute Gasteiger partial charge is 0.472 e. The van der Waals surface area contributed by atoms with Gasteiger partial charge in [0.2, 0.25) is 0 Å². The molecule has 17 nitrogen and oxygen atoms in total. The molecule has 0 aliphatic carbocycles. The smallest absolute Gasteiger partial charge is 0.462 e. The summed E-state index contributed by atoms with van der Waals surface area (Å²) in [5.74, 6) is 0.981. The van der Waals surface area contributed by atoms with Crippen LogP contribution in [0.3, 0.4) is 0 Å². The van der Waals surface area contributed by atoms with Crippen molar-refractivity contribution in [1.82, 2.24) is 0 Å². The molecule has 0 saturated heterocycles. The zero-order chi connectivity index (χ0) is 73.1. The molecule has 0 aromatic heterocycles. The summed E-state index contributed by atoms with van der Waals surface area (Å²) in [7, 11) is -9.92. The van der Waals surface area contributed by atoms with Gasteiger partial charge in [-0.3, -0.25) is 37.3 Å². The van der Waals surface area contributed by atoms with E-state index in [2.05, 4.69) is 55.4 Å². The van der Waals surface area contributed by atoms with E-state index in [-0.39, 0.29) is 25.7 Å². The van der Waals surface area contributed by atoms with Gasteiger partial charge in [-0.1, -0.05) is 357 Å². The average Bonchev–Trinajstić information content (AvgIpc) is 1.05. The zero-order valence-corrected chi connectivity index (χ0v) is 66.9. The SMILES string of the molecule is CCC(C)CCCCCCCCC(=O)OC[C@H](COP(=O)(O)OC[C@H](O)COP(=O)(O)OC[C@@H](COC(=O)CCCCCCCCCCCCCCCC(C)C)OC(=O)CCCCCCCCCCCCCCCCCCC(C)C)OC(=O)CCCCCCCCCCCCCC(C)C. The van der Waals surface area contributed by atoms with Crippen molar-refractivity contribution in [3.8, 4) is 0 Å². The van der Waals surface area contributed by atoms with Crippen LogP contribution in [0.4, 0.5) is 0 Å². The van der Waals surface area contributed by atoms with Gasteiger partial charge >= 0.3 is 39.5 Å². The number of phosphoric acid groups is 2. The number of carbonyl (C=O) groups excluding carboxylic acids is 4. The summed E-state index contributed by atoms with van der Waals surface area (Å²) in [5, 5.41) is 10.6. The minimum atomic E-state index is -4.96. The molecule has 3 N–H and O–H groups in total. The first-order valence-corrected chi connectivity index (χ1v) is 44.2. The van der Waals surface area contributed by atoms with Gasteiger partial charge in [0.05, 0.1) is 26.4 Å². The first kappa shape index (κ1) is 97.1. The van der Waals surface area contributed by atoms with Gasteiger partial charge < -0.3 is 33.8 Å². The van der Waals surface area contributed by atoms with Crippen LogP contribution in [-0.2, 0) is 65.4 Å². The third kappa shape index (κ3) is 72.8. The minimum absolute atomic E-state index is 0.105. The number of unbranched alkanes of at least 4 members (excludes halogenated alkanes) is 42. The van der Waals surface area contributed by atoms with Crippen molar-refractivity contribution in [2.75, 3.05) is 39.6 Å². The highest BCUT2D eigenvalue weighted by Gasteiger charge is 2.30. The van der Waals surface area contributed by atoms with Crippen LogP contribution >= 0.6 is 15.6 Å². The molecule has 3 unspecified atom stereocenters. The maximum Gasteiger partial charge on any atom is 0.472 e. The fourth-order valence-corrected chi connectivity index (χ4v) is 13.8. The van der Waals surface area contributed by atoms with Gasteiger partial charge in [0.25, 0.3) is 0 Å². The van der Waals surface area contributed by atoms with Gasteiger partial charge in [0, 0.05) is 25.7 Å². The van der Waals surface area contributed by atoms with Crippen molar-refractivity contribution in [1.29, 1.82) is 0 Å². The molecule has 19 heteroatoms. The molecular formula is C80H156O17P2. The Morgan fingerprint density at radius 2 is 0.485 bits per heavy atom. The van der Waals surface area contributed by atoms with Crippen LogP contribution in [0, 0.1) is 23.7 Å². The lowest BCUT2D eigenvalue weighted by Gasteiger charge is -2.21. The van der Waals surface area contributed by atoms with E-state index in [9.17, 15) is 43.2 Å². The Hall–Kier alpha value is -1.94. The normalized spacial score (nSPS) is 14.3. The second kappa shape index (κ2) is 69.1. The number of hydrogen-bond donors (Lipinski definition) is 3. The van der Waals surface area contributed by atoms with Gasteiger partial charge in [-0.15, -0.1) is 0 Å². The van der Waals surface area contributed by atoms with Crippen molar-refractivity contribution >= 4 is 39.5 Å². The number of hydrogen-bond acceptors (Lipinski definition) is 15. The number of aliphatic hydroxyl groups excluding tert-OH is 1. The van der Waals surface area contributed by atoms with Gasteiger partial charge in [-0.25, -0.2) is 9.13 Å². The first-order valence-electron chi connectivity index (χ1n) is 41.2. The van der Waals surface area contributed by atoms with E-state index >= 15 is 0 Å². The van der Waals surface area contributed by atoms with Crippen LogP contribution in [-0.4, -0.2) is 96.7 Å². The Labute approximate surface area is 607 Å². The lowest BCUT2D eigenvalue weighted by Crippen LogP contribution is -2.30. The Bertz CT molecular complexity index is 1940.